The zero-order valence-electron chi connectivity index (χ0n) is 14.2. The van der Waals surface area contributed by atoms with Gasteiger partial charge in [0.05, 0.1) is 17.7 Å². The molecule has 0 saturated heterocycles. The van der Waals surface area contributed by atoms with Crippen LogP contribution in [0.4, 0.5) is 23.4 Å². The Hall–Kier alpha value is -2.90. The van der Waals surface area contributed by atoms with Crippen molar-refractivity contribution in [3.8, 4) is 11.1 Å². The molecular formula is C19H15F4N3O. The number of benzene rings is 1. The van der Waals surface area contributed by atoms with Crippen molar-refractivity contribution in [2.75, 3.05) is 5.32 Å². The summed E-state index contributed by atoms with van der Waals surface area (Å²) >= 11 is 0. The number of hydrogen-bond acceptors (Lipinski definition) is 2. The summed E-state index contributed by atoms with van der Waals surface area (Å²) in [6, 6.07) is 5.71. The Labute approximate surface area is 151 Å². The van der Waals surface area contributed by atoms with E-state index in [-0.39, 0.29) is 23.4 Å². The summed E-state index contributed by atoms with van der Waals surface area (Å²) in [6.07, 6.45) is -0.898. The summed E-state index contributed by atoms with van der Waals surface area (Å²) in [4.78, 5) is 15.9. The van der Waals surface area contributed by atoms with Crippen LogP contribution in [0.2, 0.25) is 0 Å². The Morgan fingerprint density at radius 1 is 1.33 bits per heavy atom. The molecule has 0 radical (unpaired) electrons. The Balaban J connectivity index is 1.78. The van der Waals surface area contributed by atoms with Crippen molar-refractivity contribution in [1.29, 1.82) is 0 Å². The quantitative estimate of drug-likeness (QED) is 0.671. The first-order chi connectivity index (χ1) is 12.8. The third-order valence-corrected chi connectivity index (χ3v) is 4.69. The molecule has 4 nitrogen and oxygen atoms in total. The van der Waals surface area contributed by atoms with Crippen molar-refractivity contribution in [3.05, 3.63) is 53.6 Å². The lowest BCUT2D eigenvalue weighted by Crippen LogP contribution is -2.15. The van der Waals surface area contributed by atoms with Gasteiger partial charge in [-0.15, -0.1) is 0 Å². The fourth-order valence-electron chi connectivity index (χ4n) is 3.07. The third-order valence-electron chi connectivity index (χ3n) is 4.69. The van der Waals surface area contributed by atoms with E-state index in [1.54, 1.807) is 19.2 Å². The number of imidazole rings is 1. The number of rotatable bonds is 4. The lowest BCUT2D eigenvalue weighted by molar-refractivity contribution is -0.117. The van der Waals surface area contributed by atoms with Gasteiger partial charge in [0.25, 0.3) is 6.43 Å². The van der Waals surface area contributed by atoms with Crippen LogP contribution >= 0.6 is 0 Å². The Bertz CT molecular complexity index is 1050. The van der Waals surface area contributed by atoms with Crippen LogP contribution in [-0.2, 0) is 4.79 Å². The molecule has 2 unspecified atom stereocenters. The first-order valence-electron chi connectivity index (χ1n) is 8.36. The first-order valence-corrected chi connectivity index (χ1v) is 8.36. The van der Waals surface area contributed by atoms with Crippen LogP contribution in [-0.4, -0.2) is 21.5 Å². The van der Waals surface area contributed by atoms with E-state index >= 15 is 0 Å². The number of carbonyl (C=O) groups excluding carboxylic acids is 1. The molecule has 140 valence electrons. The van der Waals surface area contributed by atoms with E-state index in [1.165, 1.54) is 28.8 Å². The number of fused-ring (bicyclic) bond motifs is 1. The molecule has 0 spiro atoms. The van der Waals surface area contributed by atoms with E-state index in [9.17, 15) is 22.4 Å². The van der Waals surface area contributed by atoms with Crippen LogP contribution in [0.3, 0.4) is 0 Å². The summed E-state index contributed by atoms with van der Waals surface area (Å²) in [5.74, 6) is -1.61. The van der Waals surface area contributed by atoms with E-state index < -0.39 is 30.2 Å². The van der Waals surface area contributed by atoms with Gasteiger partial charge in [-0.2, -0.15) is 0 Å². The molecule has 1 saturated carbocycles. The number of amides is 1. The van der Waals surface area contributed by atoms with Gasteiger partial charge in [-0.1, -0.05) is 12.1 Å². The van der Waals surface area contributed by atoms with Crippen LogP contribution in [0.5, 0.6) is 0 Å². The topological polar surface area (TPSA) is 46.4 Å². The fraction of sp³-hybridized carbons (Fsp3) is 0.263. The minimum atomic E-state index is -2.81. The van der Waals surface area contributed by atoms with Gasteiger partial charge in [0, 0.05) is 6.20 Å². The zero-order valence-corrected chi connectivity index (χ0v) is 14.2. The second kappa shape index (κ2) is 6.37. The average Bonchev–Trinajstić information content (AvgIpc) is 3.21. The molecule has 27 heavy (non-hydrogen) atoms. The zero-order chi connectivity index (χ0) is 19.3. The standard InChI is InChI=1S/C19H15F4N3O/c1-9-11(3-2-4-14(9)20)10-5-13(17(22)23)18-24-16(8-26(18)7-10)25-19(27)12-6-15(12)21/h2-5,7-8,12,15,17H,6H2,1H3,(H,25,27). The highest BCUT2D eigenvalue weighted by Crippen LogP contribution is 2.35. The summed E-state index contributed by atoms with van der Waals surface area (Å²) in [6.45, 7) is 1.57. The van der Waals surface area contributed by atoms with E-state index in [4.69, 9.17) is 0 Å². The maximum absolute atomic E-state index is 13.9. The molecule has 4 rings (SSSR count). The average molecular weight is 377 g/mol. The minimum Gasteiger partial charge on any atom is -0.309 e. The van der Waals surface area contributed by atoms with Gasteiger partial charge in [-0.3, -0.25) is 4.79 Å². The summed E-state index contributed by atoms with van der Waals surface area (Å²) in [5.41, 5.74) is 0.859. The monoisotopic (exact) mass is 377 g/mol. The predicted molar refractivity (Wildman–Crippen MR) is 91.9 cm³/mol. The molecule has 0 aliphatic heterocycles. The van der Waals surface area contributed by atoms with Gasteiger partial charge in [0.15, 0.2) is 5.82 Å². The second-order valence-electron chi connectivity index (χ2n) is 6.60. The molecule has 1 amide bonds. The van der Waals surface area contributed by atoms with Crippen LogP contribution in [0.15, 0.2) is 36.7 Å². The Morgan fingerprint density at radius 2 is 2.07 bits per heavy atom. The molecule has 1 N–H and O–H groups in total. The maximum atomic E-state index is 13.9. The molecule has 2 heterocycles. The first kappa shape index (κ1) is 17.5. The number of aromatic nitrogens is 2. The fourth-order valence-corrected chi connectivity index (χ4v) is 3.07. The number of nitrogens with zero attached hydrogens (tertiary/aromatic N) is 2. The molecule has 0 bridgehead atoms. The van der Waals surface area contributed by atoms with Gasteiger partial charge in [-0.05, 0) is 42.2 Å². The molecular weight excluding hydrogens is 362 g/mol. The van der Waals surface area contributed by atoms with Gasteiger partial charge >= 0.3 is 0 Å². The lowest BCUT2D eigenvalue weighted by atomic mass is 10.0. The predicted octanol–water partition coefficient (Wildman–Crippen LogP) is 4.68. The highest BCUT2D eigenvalue weighted by Gasteiger charge is 2.43. The van der Waals surface area contributed by atoms with Gasteiger partial charge in [0.1, 0.15) is 17.6 Å². The normalized spacial score (nSPS) is 18.9. The smallest absolute Gasteiger partial charge is 0.267 e. The molecule has 8 heteroatoms. The van der Waals surface area contributed by atoms with E-state index in [2.05, 4.69) is 10.3 Å². The Kier molecular flexibility index (Phi) is 4.13. The highest BCUT2D eigenvalue weighted by molar-refractivity contribution is 5.94. The number of hydrogen-bond donors (Lipinski definition) is 1. The molecule has 1 fully saturated rings. The van der Waals surface area contributed by atoms with Gasteiger partial charge in [0.2, 0.25) is 5.91 Å². The van der Waals surface area contributed by atoms with Crippen molar-refractivity contribution < 1.29 is 22.4 Å². The number of alkyl halides is 3. The second-order valence-corrected chi connectivity index (χ2v) is 6.60. The summed E-state index contributed by atoms with van der Waals surface area (Å²) < 4.78 is 55.3. The molecule has 1 aliphatic rings. The number of halogens is 4. The van der Waals surface area contributed by atoms with Crippen molar-refractivity contribution in [3.63, 3.8) is 0 Å². The van der Waals surface area contributed by atoms with Crippen molar-refractivity contribution >= 4 is 17.4 Å². The molecule has 2 atom stereocenters. The lowest BCUT2D eigenvalue weighted by Gasteiger charge is -2.10. The third kappa shape index (κ3) is 3.15. The van der Waals surface area contributed by atoms with E-state index in [0.29, 0.717) is 16.7 Å². The van der Waals surface area contributed by atoms with Crippen molar-refractivity contribution in [2.45, 2.75) is 25.9 Å². The maximum Gasteiger partial charge on any atom is 0.267 e. The summed E-state index contributed by atoms with van der Waals surface area (Å²) in [7, 11) is 0. The molecule has 1 aromatic carbocycles. The minimum absolute atomic E-state index is 0.0225. The SMILES string of the molecule is Cc1c(F)cccc1-c1cc(C(F)F)c2nc(NC(=O)C3CC3F)cn2c1. The van der Waals surface area contributed by atoms with E-state index in [1.807, 2.05) is 0 Å². The van der Waals surface area contributed by atoms with Crippen LogP contribution in [0.25, 0.3) is 16.8 Å². The van der Waals surface area contributed by atoms with Crippen LogP contribution < -0.4 is 5.32 Å². The molecule has 1 aliphatic carbocycles. The molecule has 2 aromatic heterocycles. The Morgan fingerprint density at radius 3 is 2.74 bits per heavy atom. The number of anilines is 1. The van der Waals surface area contributed by atoms with Crippen molar-refractivity contribution in [1.82, 2.24) is 9.38 Å². The highest BCUT2D eigenvalue weighted by atomic mass is 19.3. The van der Waals surface area contributed by atoms with Gasteiger partial charge < -0.3 is 9.72 Å². The van der Waals surface area contributed by atoms with E-state index in [0.717, 1.165) is 0 Å². The number of carbonyl (C=O) groups is 1. The largest absolute Gasteiger partial charge is 0.309 e. The summed E-state index contributed by atoms with van der Waals surface area (Å²) in [5, 5.41) is 2.45. The van der Waals surface area contributed by atoms with Crippen molar-refractivity contribution in [2.24, 2.45) is 5.92 Å². The van der Waals surface area contributed by atoms with Crippen LogP contribution in [0.1, 0.15) is 24.0 Å². The number of nitrogens with one attached hydrogen (secondary N) is 1. The number of pyridine rings is 1. The van der Waals surface area contributed by atoms with Crippen LogP contribution in [0, 0.1) is 18.7 Å². The molecule has 3 aromatic rings. The van der Waals surface area contributed by atoms with Gasteiger partial charge in [-0.25, -0.2) is 22.5 Å².